The number of hydrogen-bond donors (Lipinski definition) is 2. The van der Waals surface area contributed by atoms with E-state index in [1.54, 1.807) is 0 Å². The number of rotatable bonds is 4. The zero-order chi connectivity index (χ0) is 20.6. The summed E-state index contributed by atoms with van der Waals surface area (Å²) in [5.74, 6) is 1.49. The zero-order valence-corrected chi connectivity index (χ0v) is 17.8. The van der Waals surface area contributed by atoms with Crippen molar-refractivity contribution in [3.63, 3.8) is 0 Å². The van der Waals surface area contributed by atoms with Crippen molar-refractivity contribution in [2.24, 2.45) is 0 Å². The summed E-state index contributed by atoms with van der Waals surface area (Å²) >= 11 is 1.45. The van der Waals surface area contributed by atoms with Gasteiger partial charge in [0, 0.05) is 12.2 Å². The molecule has 8 heteroatoms. The lowest BCUT2D eigenvalue weighted by Crippen LogP contribution is -2.36. The number of ether oxygens (including phenoxy) is 2. The molecular formula is C21H27N3O4S. The van der Waals surface area contributed by atoms with E-state index in [9.17, 15) is 9.59 Å². The topological polar surface area (TPSA) is 85.4 Å². The molecule has 2 aliphatic rings. The molecule has 0 unspecified atom stereocenters. The van der Waals surface area contributed by atoms with Gasteiger partial charge >= 0.3 is 0 Å². The van der Waals surface area contributed by atoms with Crippen molar-refractivity contribution in [3.8, 4) is 5.75 Å². The summed E-state index contributed by atoms with van der Waals surface area (Å²) in [6.07, 6.45) is 1.54. The Bertz CT molecular complexity index is 965. The third-order valence-corrected chi connectivity index (χ3v) is 6.65. The fourth-order valence-corrected chi connectivity index (χ4v) is 5.32. The molecule has 29 heavy (non-hydrogen) atoms. The standard InChI is InChI=1S/C21H27N3O4S/c1-4-27-15-8-6-5-7-14(15)18-17-19(22-16(25)12-29-18)24(23-20(17)26)13-9-10-28-21(2,3)11-13/h5-8,13,18H,4,9-12H2,1-3H3,(H,22,25)(H,23,26)/t13-,18-/m1/s1. The Morgan fingerprint density at radius 3 is 2.86 bits per heavy atom. The predicted molar refractivity (Wildman–Crippen MR) is 114 cm³/mol. The predicted octanol–water partition coefficient (Wildman–Crippen LogP) is 3.48. The van der Waals surface area contributed by atoms with Crippen LogP contribution in [0.25, 0.3) is 0 Å². The van der Waals surface area contributed by atoms with Crippen molar-refractivity contribution >= 4 is 23.5 Å². The molecule has 1 amide bonds. The van der Waals surface area contributed by atoms with Gasteiger partial charge in [-0.3, -0.25) is 19.4 Å². The first kappa shape index (κ1) is 20.1. The normalized spacial score (nSPS) is 23.8. The van der Waals surface area contributed by atoms with Crippen molar-refractivity contribution in [2.45, 2.75) is 50.5 Å². The van der Waals surface area contributed by atoms with Crippen LogP contribution in [-0.2, 0) is 9.53 Å². The maximum Gasteiger partial charge on any atom is 0.270 e. The van der Waals surface area contributed by atoms with E-state index in [0.29, 0.717) is 24.6 Å². The van der Waals surface area contributed by atoms with Crippen molar-refractivity contribution in [2.75, 3.05) is 24.3 Å². The minimum absolute atomic E-state index is 0.0568. The van der Waals surface area contributed by atoms with Gasteiger partial charge in [0.05, 0.1) is 34.8 Å². The Labute approximate surface area is 174 Å². The van der Waals surface area contributed by atoms with Crippen LogP contribution in [0.1, 0.15) is 56.0 Å². The van der Waals surface area contributed by atoms with Gasteiger partial charge < -0.3 is 14.8 Å². The summed E-state index contributed by atoms with van der Waals surface area (Å²) in [5.41, 5.74) is 1.04. The molecule has 1 fully saturated rings. The van der Waals surface area contributed by atoms with Crippen LogP contribution < -0.4 is 15.6 Å². The number of H-pyrrole nitrogens is 1. The number of thioether (sulfide) groups is 1. The number of para-hydroxylation sites is 1. The fourth-order valence-electron chi connectivity index (χ4n) is 4.17. The maximum atomic E-state index is 13.1. The van der Waals surface area contributed by atoms with Gasteiger partial charge in [0.15, 0.2) is 0 Å². The molecule has 2 atom stereocenters. The minimum Gasteiger partial charge on any atom is -0.494 e. The number of amides is 1. The lowest BCUT2D eigenvalue weighted by Gasteiger charge is -2.36. The second-order valence-electron chi connectivity index (χ2n) is 8.04. The summed E-state index contributed by atoms with van der Waals surface area (Å²) in [6.45, 7) is 7.19. The Balaban J connectivity index is 1.81. The van der Waals surface area contributed by atoms with Crippen LogP contribution in [0.3, 0.4) is 0 Å². The zero-order valence-electron chi connectivity index (χ0n) is 17.0. The molecule has 156 valence electrons. The van der Waals surface area contributed by atoms with E-state index < -0.39 is 0 Å². The SMILES string of the molecule is CCOc1ccccc1[C@H]1SCC(=O)Nc2c1c(=O)[nH]n2[C@@H]1CCOC(C)(C)C1. The summed E-state index contributed by atoms with van der Waals surface area (Å²) in [4.78, 5) is 25.6. The molecule has 1 aromatic heterocycles. The van der Waals surface area contributed by atoms with Crippen LogP contribution in [0.5, 0.6) is 5.75 Å². The summed E-state index contributed by atoms with van der Waals surface area (Å²) in [6, 6.07) is 7.79. The number of fused-ring (bicyclic) bond motifs is 1. The molecule has 2 N–H and O–H groups in total. The van der Waals surface area contributed by atoms with Crippen molar-refractivity contribution < 1.29 is 14.3 Å². The Hall–Kier alpha value is -2.19. The molecule has 0 spiro atoms. The van der Waals surface area contributed by atoms with E-state index in [1.807, 2.05) is 35.9 Å². The maximum absolute atomic E-state index is 13.1. The lowest BCUT2D eigenvalue weighted by molar-refractivity contribution is -0.113. The highest BCUT2D eigenvalue weighted by molar-refractivity contribution is 8.00. The van der Waals surface area contributed by atoms with Crippen LogP contribution in [0.2, 0.25) is 0 Å². The quantitative estimate of drug-likeness (QED) is 0.796. The highest BCUT2D eigenvalue weighted by Crippen LogP contribution is 2.44. The number of hydrogen-bond acceptors (Lipinski definition) is 5. The third-order valence-electron chi connectivity index (χ3n) is 5.40. The molecule has 0 saturated carbocycles. The first-order valence-electron chi connectivity index (χ1n) is 10.0. The number of aromatic amines is 1. The molecule has 3 heterocycles. The minimum atomic E-state index is -0.287. The molecule has 0 bridgehead atoms. The number of nitrogens with one attached hydrogen (secondary N) is 2. The van der Waals surface area contributed by atoms with Gasteiger partial charge in [-0.15, -0.1) is 11.8 Å². The second-order valence-corrected chi connectivity index (χ2v) is 9.13. The molecule has 1 saturated heterocycles. The summed E-state index contributed by atoms with van der Waals surface area (Å²) < 4.78 is 13.5. The van der Waals surface area contributed by atoms with E-state index in [-0.39, 0.29) is 34.1 Å². The number of aromatic nitrogens is 2. The van der Waals surface area contributed by atoms with Crippen molar-refractivity contribution in [3.05, 3.63) is 45.7 Å². The molecule has 4 rings (SSSR count). The first-order valence-corrected chi connectivity index (χ1v) is 11.1. The van der Waals surface area contributed by atoms with Gasteiger partial charge in [0.1, 0.15) is 11.6 Å². The Morgan fingerprint density at radius 1 is 1.31 bits per heavy atom. The number of anilines is 1. The fraction of sp³-hybridized carbons (Fsp3) is 0.524. The molecule has 2 aromatic rings. The second kappa shape index (κ2) is 7.91. The van der Waals surface area contributed by atoms with E-state index in [4.69, 9.17) is 9.47 Å². The van der Waals surface area contributed by atoms with Gasteiger partial charge in [0.25, 0.3) is 5.56 Å². The van der Waals surface area contributed by atoms with E-state index in [1.165, 1.54) is 11.8 Å². The van der Waals surface area contributed by atoms with Crippen molar-refractivity contribution in [1.82, 2.24) is 9.78 Å². The van der Waals surface area contributed by atoms with Crippen LogP contribution in [0.4, 0.5) is 5.82 Å². The van der Waals surface area contributed by atoms with Gasteiger partial charge in [-0.25, -0.2) is 0 Å². The smallest absolute Gasteiger partial charge is 0.270 e. The van der Waals surface area contributed by atoms with E-state index >= 15 is 0 Å². The average Bonchev–Trinajstić information content (AvgIpc) is 2.88. The number of carbonyl (C=O) groups excluding carboxylic acids is 1. The van der Waals surface area contributed by atoms with Crippen molar-refractivity contribution in [1.29, 1.82) is 0 Å². The van der Waals surface area contributed by atoms with Gasteiger partial charge in [0.2, 0.25) is 5.91 Å². The highest BCUT2D eigenvalue weighted by Gasteiger charge is 2.36. The largest absolute Gasteiger partial charge is 0.494 e. The number of nitrogens with zero attached hydrogens (tertiary/aromatic N) is 1. The van der Waals surface area contributed by atoms with Crippen LogP contribution in [0.15, 0.2) is 29.1 Å². The van der Waals surface area contributed by atoms with E-state index in [0.717, 1.165) is 24.2 Å². The summed E-state index contributed by atoms with van der Waals surface area (Å²) in [7, 11) is 0. The molecule has 0 radical (unpaired) electrons. The van der Waals surface area contributed by atoms with E-state index in [2.05, 4.69) is 24.3 Å². The summed E-state index contributed by atoms with van der Waals surface area (Å²) in [5, 5.41) is 5.69. The molecule has 0 aliphatic carbocycles. The highest BCUT2D eigenvalue weighted by atomic mass is 32.2. The van der Waals surface area contributed by atoms with Gasteiger partial charge in [-0.2, -0.15) is 0 Å². The van der Waals surface area contributed by atoms with Crippen LogP contribution in [-0.4, -0.2) is 40.3 Å². The van der Waals surface area contributed by atoms with Gasteiger partial charge in [-0.05, 0) is 39.7 Å². The molecule has 2 aliphatic heterocycles. The third kappa shape index (κ3) is 3.96. The monoisotopic (exact) mass is 417 g/mol. The Kier molecular flexibility index (Phi) is 5.48. The first-order chi connectivity index (χ1) is 13.9. The van der Waals surface area contributed by atoms with Gasteiger partial charge in [-0.1, -0.05) is 18.2 Å². The lowest BCUT2D eigenvalue weighted by atomic mass is 9.94. The number of carbonyl (C=O) groups is 1. The molecule has 7 nitrogen and oxygen atoms in total. The van der Waals surface area contributed by atoms with Crippen LogP contribution >= 0.6 is 11.8 Å². The molecular weight excluding hydrogens is 390 g/mol. The number of benzene rings is 1. The van der Waals surface area contributed by atoms with Crippen LogP contribution in [0, 0.1) is 0 Å². The Morgan fingerprint density at radius 2 is 2.10 bits per heavy atom. The molecule has 1 aromatic carbocycles. The average molecular weight is 418 g/mol.